The third-order valence-electron chi connectivity index (χ3n) is 3.61. The van der Waals surface area contributed by atoms with Crippen LogP contribution < -0.4 is 0 Å². The summed E-state index contributed by atoms with van der Waals surface area (Å²) < 4.78 is 11.1. The van der Waals surface area contributed by atoms with Crippen molar-refractivity contribution >= 4 is 0 Å². The van der Waals surface area contributed by atoms with Gasteiger partial charge >= 0.3 is 0 Å². The predicted molar refractivity (Wildman–Crippen MR) is 66.0 cm³/mol. The molecule has 0 aliphatic carbocycles. The minimum atomic E-state index is 0.00688. The number of nitrogens with zero attached hydrogens (tertiary/aromatic N) is 1. The summed E-state index contributed by atoms with van der Waals surface area (Å²) in [6.45, 7) is 9.91. The molecule has 0 aromatic heterocycles. The van der Waals surface area contributed by atoms with E-state index in [2.05, 4.69) is 18.7 Å². The summed E-state index contributed by atoms with van der Waals surface area (Å²) in [5.74, 6) is 0.605. The lowest BCUT2D eigenvalue weighted by Gasteiger charge is -2.42. The van der Waals surface area contributed by atoms with E-state index in [1.54, 1.807) is 0 Å². The molecule has 2 fully saturated rings. The van der Waals surface area contributed by atoms with Crippen LogP contribution in [0.5, 0.6) is 0 Å². The second-order valence-corrected chi connectivity index (χ2v) is 6.02. The number of likely N-dealkylation sites (tertiary alicyclic amines) is 1. The third-order valence-corrected chi connectivity index (χ3v) is 3.61. The summed E-state index contributed by atoms with van der Waals surface area (Å²) in [6, 6.07) is 0. The van der Waals surface area contributed by atoms with Gasteiger partial charge in [0.2, 0.25) is 0 Å². The Kier molecular flexibility index (Phi) is 4.42. The predicted octanol–water partition coefficient (Wildman–Crippen LogP) is 0.742. The van der Waals surface area contributed by atoms with E-state index in [0.29, 0.717) is 25.2 Å². The Morgan fingerprint density at radius 1 is 1.47 bits per heavy atom. The van der Waals surface area contributed by atoms with Crippen LogP contribution in [0, 0.1) is 11.3 Å². The van der Waals surface area contributed by atoms with Crippen LogP contribution >= 0.6 is 0 Å². The number of rotatable bonds is 6. The van der Waals surface area contributed by atoms with Crippen molar-refractivity contribution < 1.29 is 14.6 Å². The lowest BCUT2D eigenvalue weighted by Crippen LogP contribution is -2.53. The Hall–Kier alpha value is -0.160. The average Bonchev–Trinajstić information content (AvgIpc) is 2.68. The standard InChI is InChI=1S/C13H25NO3/c1-11(2)6-17-12-3-4-14(5-12)7-13(8-15)9-16-10-13/h11-12,15H,3-10H2,1-2H3. The van der Waals surface area contributed by atoms with Gasteiger partial charge in [-0.15, -0.1) is 0 Å². The largest absolute Gasteiger partial charge is 0.396 e. The van der Waals surface area contributed by atoms with Gasteiger partial charge < -0.3 is 14.6 Å². The SMILES string of the molecule is CC(C)COC1CCN(CC2(CO)COC2)C1. The quantitative estimate of drug-likeness (QED) is 0.747. The van der Waals surface area contributed by atoms with Crippen molar-refractivity contribution in [1.82, 2.24) is 4.90 Å². The van der Waals surface area contributed by atoms with Gasteiger partial charge in [0.1, 0.15) is 0 Å². The number of ether oxygens (including phenoxy) is 2. The Bertz CT molecular complexity index is 235. The Labute approximate surface area is 104 Å². The molecule has 1 atom stereocenters. The first-order valence-electron chi connectivity index (χ1n) is 6.66. The molecule has 0 aromatic rings. The summed E-state index contributed by atoms with van der Waals surface area (Å²) in [5, 5.41) is 9.40. The van der Waals surface area contributed by atoms with Crippen molar-refractivity contribution in [3.8, 4) is 0 Å². The average molecular weight is 243 g/mol. The van der Waals surface area contributed by atoms with E-state index in [0.717, 1.165) is 32.7 Å². The maximum atomic E-state index is 9.40. The molecule has 2 heterocycles. The molecule has 2 saturated heterocycles. The molecule has 1 unspecified atom stereocenters. The zero-order valence-corrected chi connectivity index (χ0v) is 11.0. The monoisotopic (exact) mass is 243 g/mol. The van der Waals surface area contributed by atoms with E-state index < -0.39 is 0 Å². The van der Waals surface area contributed by atoms with Gasteiger partial charge in [-0.3, -0.25) is 4.90 Å². The third kappa shape index (κ3) is 3.41. The molecule has 0 aromatic carbocycles. The van der Waals surface area contributed by atoms with Crippen LogP contribution in [0.15, 0.2) is 0 Å². The van der Waals surface area contributed by atoms with Crippen LogP contribution in [0.4, 0.5) is 0 Å². The topological polar surface area (TPSA) is 41.9 Å². The van der Waals surface area contributed by atoms with Gasteiger partial charge in [-0.25, -0.2) is 0 Å². The van der Waals surface area contributed by atoms with Crippen LogP contribution in [0.2, 0.25) is 0 Å². The number of aliphatic hydroxyl groups excluding tert-OH is 1. The first-order valence-corrected chi connectivity index (χ1v) is 6.66. The summed E-state index contributed by atoms with van der Waals surface area (Å²) >= 11 is 0. The van der Waals surface area contributed by atoms with Crippen LogP contribution in [0.25, 0.3) is 0 Å². The highest BCUT2D eigenvalue weighted by molar-refractivity contribution is 4.90. The van der Waals surface area contributed by atoms with Gasteiger partial charge in [0, 0.05) is 26.2 Å². The van der Waals surface area contributed by atoms with Crippen molar-refractivity contribution in [3.05, 3.63) is 0 Å². The lowest BCUT2D eigenvalue weighted by atomic mass is 9.86. The molecule has 4 nitrogen and oxygen atoms in total. The fourth-order valence-corrected chi connectivity index (χ4v) is 2.50. The van der Waals surface area contributed by atoms with Gasteiger partial charge in [-0.05, 0) is 12.3 Å². The van der Waals surface area contributed by atoms with Gasteiger partial charge in [0.15, 0.2) is 0 Å². The normalized spacial score (nSPS) is 28.6. The smallest absolute Gasteiger partial charge is 0.0714 e. The minimum absolute atomic E-state index is 0.00688. The molecular formula is C13H25NO3. The van der Waals surface area contributed by atoms with E-state index >= 15 is 0 Å². The molecule has 2 aliphatic heterocycles. The van der Waals surface area contributed by atoms with Crippen molar-refractivity contribution in [2.24, 2.45) is 11.3 Å². The second-order valence-electron chi connectivity index (χ2n) is 6.02. The minimum Gasteiger partial charge on any atom is -0.396 e. The summed E-state index contributed by atoms with van der Waals surface area (Å²) in [7, 11) is 0. The molecule has 2 rings (SSSR count). The zero-order chi connectivity index (χ0) is 12.3. The van der Waals surface area contributed by atoms with E-state index in [-0.39, 0.29) is 12.0 Å². The summed E-state index contributed by atoms with van der Waals surface area (Å²) in [5.41, 5.74) is 0.00688. The molecule has 0 spiro atoms. The fourth-order valence-electron chi connectivity index (χ4n) is 2.50. The highest BCUT2D eigenvalue weighted by Gasteiger charge is 2.41. The van der Waals surface area contributed by atoms with Gasteiger partial charge in [-0.1, -0.05) is 13.8 Å². The zero-order valence-electron chi connectivity index (χ0n) is 11.0. The first kappa shape index (κ1) is 13.3. The van der Waals surface area contributed by atoms with Crippen molar-refractivity contribution in [2.75, 3.05) is 46.1 Å². The molecular weight excluding hydrogens is 218 g/mol. The maximum absolute atomic E-state index is 9.40. The Balaban J connectivity index is 1.70. The Morgan fingerprint density at radius 2 is 2.24 bits per heavy atom. The molecule has 4 heteroatoms. The second kappa shape index (κ2) is 5.65. The molecule has 0 amide bonds. The Morgan fingerprint density at radius 3 is 2.76 bits per heavy atom. The highest BCUT2D eigenvalue weighted by Crippen LogP contribution is 2.29. The number of hydrogen-bond acceptors (Lipinski definition) is 4. The van der Waals surface area contributed by atoms with Crippen molar-refractivity contribution in [3.63, 3.8) is 0 Å². The van der Waals surface area contributed by atoms with Gasteiger partial charge in [0.25, 0.3) is 0 Å². The van der Waals surface area contributed by atoms with E-state index in [1.807, 2.05) is 0 Å². The van der Waals surface area contributed by atoms with E-state index in [4.69, 9.17) is 9.47 Å². The highest BCUT2D eigenvalue weighted by atomic mass is 16.5. The van der Waals surface area contributed by atoms with Crippen molar-refractivity contribution in [2.45, 2.75) is 26.4 Å². The van der Waals surface area contributed by atoms with Gasteiger partial charge in [-0.2, -0.15) is 0 Å². The molecule has 1 N–H and O–H groups in total. The lowest BCUT2D eigenvalue weighted by molar-refractivity contribution is -0.147. The van der Waals surface area contributed by atoms with Crippen LogP contribution in [-0.2, 0) is 9.47 Å². The van der Waals surface area contributed by atoms with Gasteiger partial charge in [0.05, 0.1) is 31.3 Å². The molecule has 17 heavy (non-hydrogen) atoms. The summed E-state index contributed by atoms with van der Waals surface area (Å²) in [4.78, 5) is 2.41. The maximum Gasteiger partial charge on any atom is 0.0714 e. The van der Waals surface area contributed by atoms with Crippen LogP contribution in [0.3, 0.4) is 0 Å². The van der Waals surface area contributed by atoms with Crippen LogP contribution in [-0.4, -0.2) is 62.2 Å². The molecule has 0 bridgehead atoms. The van der Waals surface area contributed by atoms with Crippen molar-refractivity contribution in [1.29, 1.82) is 0 Å². The number of aliphatic hydroxyl groups is 1. The molecule has 0 saturated carbocycles. The van der Waals surface area contributed by atoms with E-state index in [1.165, 1.54) is 0 Å². The van der Waals surface area contributed by atoms with Crippen LogP contribution in [0.1, 0.15) is 20.3 Å². The molecule has 0 radical (unpaired) electrons. The number of hydrogen-bond donors (Lipinski definition) is 1. The summed E-state index contributed by atoms with van der Waals surface area (Å²) in [6.07, 6.45) is 1.50. The molecule has 2 aliphatic rings. The molecule has 100 valence electrons. The fraction of sp³-hybridized carbons (Fsp3) is 1.00. The van der Waals surface area contributed by atoms with E-state index in [9.17, 15) is 5.11 Å². The first-order chi connectivity index (χ1) is 8.13.